The van der Waals surface area contributed by atoms with Crippen molar-refractivity contribution in [3.05, 3.63) is 24.2 Å². The zero-order valence-corrected chi connectivity index (χ0v) is 10.6. The van der Waals surface area contributed by atoms with Gasteiger partial charge in [-0.3, -0.25) is 4.79 Å². The number of hydrogen-bond acceptors (Lipinski definition) is 4. The summed E-state index contributed by atoms with van der Waals surface area (Å²) in [5.41, 5.74) is 12.4. The number of furan rings is 1. The van der Waals surface area contributed by atoms with Gasteiger partial charge in [0.2, 0.25) is 0 Å². The fourth-order valence-corrected chi connectivity index (χ4v) is 1.79. The van der Waals surface area contributed by atoms with Crippen molar-refractivity contribution >= 4 is 11.7 Å². The average Bonchev–Trinajstić information content (AvgIpc) is 2.81. The van der Waals surface area contributed by atoms with Gasteiger partial charge in [0, 0.05) is 5.56 Å². The number of nitrogens with two attached hydrogens (primary N) is 2. The third-order valence-electron chi connectivity index (χ3n) is 2.60. The first-order valence-electron chi connectivity index (χ1n) is 5.53. The minimum absolute atomic E-state index is 0.228. The van der Waals surface area contributed by atoms with E-state index in [1.807, 2.05) is 20.8 Å². The third kappa shape index (κ3) is 1.85. The second-order valence-electron chi connectivity index (χ2n) is 5.07. The lowest BCUT2D eigenvalue weighted by Gasteiger charge is -2.20. The summed E-state index contributed by atoms with van der Waals surface area (Å²) in [7, 11) is 0. The van der Waals surface area contributed by atoms with Gasteiger partial charge in [-0.2, -0.15) is 5.10 Å². The summed E-state index contributed by atoms with van der Waals surface area (Å²) in [5, 5.41) is 4.38. The van der Waals surface area contributed by atoms with E-state index >= 15 is 0 Å². The highest BCUT2D eigenvalue weighted by molar-refractivity contribution is 6.03. The Morgan fingerprint density at radius 3 is 2.56 bits per heavy atom. The van der Waals surface area contributed by atoms with Crippen LogP contribution in [0.4, 0.5) is 5.82 Å². The molecule has 2 aromatic heterocycles. The minimum Gasteiger partial charge on any atom is -0.472 e. The van der Waals surface area contributed by atoms with Crippen LogP contribution in [0.5, 0.6) is 0 Å². The molecular formula is C12H16N4O2. The molecule has 0 radical (unpaired) electrons. The molecule has 0 unspecified atom stereocenters. The van der Waals surface area contributed by atoms with Gasteiger partial charge in [0.15, 0.2) is 0 Å². The lowest BCUT2D eigenvalue weighted by atomic mass is 10.1. The number of nitrogen functional groups attached to an aromatic ring is 1. The normalized spacial score (nSPS) is 11.7. The number of carbonyl (C=O) groups excluding carboxylic acids is 1. The van der Waals surface area contributed by atoms with Crippen LogP contribution in [0.1, 0.15) is 31.1 Å². The van der Waals surface area contributed by atoms with Crippen molar-refractivity contribution in [1.29, 1.82) is 0 Å². The van der Waals surface area contributed by atoms with Crippen LogP contribution in [0.25, 0.3) is 11.3 Å². The largest absolute Gasteiger partial charge is 0.472 e. The second-order valence-corrected chi connectivity index (χ2v) is 5.07. The number of amides is 1. The molecule has 0 aliphatic heterocycles. The van der Waals surface area contributed by atoms with E-state index in [0.717, 1.165) is 0 Å². The van der Waals surface area contributed by atoms with Crippen LogP contribution in [0.3, 0.4) is 0 Å². The highest BCUT2D eigenvalue weighted by Crippen LogP contribution is 2.30. The Kier molecular flexibility index (Phi) is 2.65. The van der Waals surface area contributed by atoms with E-state index < -0.39 is 5.91 Å². The van der Waals surface area contributed by atoms with Crippen molar-refractivity contribution in [1.82, 2.24) is 9.78 Å². The van der Waals surface area contributed by atoms with Crippen LogP contribution >= 0.6 is 0 Å². The summed E-state index contributed by atoms with van der Waals surface area (Å²) in [5.74, 6) is -0.328. The Morgan fingerprint density at radius 2 is 2.11 bits per heavy atom. The molecule has 96 valence electrons. The fraction of sp³-hybridized carbons (Fsp3) is 0.333. The third-order valence-corrected chi connectivity index (χ3v) is 2.60. The summed E-state index contributed by atoms with van der Waals surface area (Å²) >= 11 is 0. The van der Waals surface area contributed by atoms with Crippen LogP contribution in [0.15, 0.2) is 23.0 Å². The molecule has 0 saturated heterocycles. The van der Waals surface area contributed by atoms with Crippen LogP contribution < -0.4 is 11.5 Å². The molecule has 0 saturated carbocycles. The van der Waals surface area contributed by atoms with Crippen LogP contribution in [0.2, 0.25) is 0 Å². The van der Waals surface area contributed by atoms with Crippen molar-refractivity contribution in [2.24, 2.45) is 5.73 Å². The van der Waals surface area contributed by atoms with Gasteiger partial charge in [-0.25, -0.2) is 4.68 Å². The molecular weight excluding hydrogens is 232 g/mol. The van der Waals surface area contributed by atoms with Gasteiger partial charge < -0.3 is 15.9 Å². The molecule has 2 heterocycles. The van der Waals surface area contributed by atoms with Gasteiger partial charge in [-0.1, -0.05) is 0 Å². The maximum atomic E-state index is 11.5. The SMILES string of the molecule is CC(C)(C)n1nc(-c2ccoc2)c(C(N)=O)c1N. The predicted octanol–water partition coefficient (Wildman–Crippen LogP) is 1.58. The molecule has 1 amide bonds. The molecule has 0 aromatic carbocycles. The summed E-state index contributed by atoms with van der Waals surface area (Å²) in [4.78, 5) is 11.5. The average molecular weight is 248 g/mol. The summed E-state index contributed by atoms with van der Waals surface area (Å²) < 4.78 is 6.59. The monoisotopic (exact) mass is 248 g/mol. The quantitative estimate of drug-likeness (QED) is 0.842. The van der Waals surface area contributed by atoms with Crippen LogP contribution in [0, 0.1) is 0 Å². The highest BCUT2D eigenvalue weighted by Gasteiger charge is 2.27. The van der Waals surface area contributed by atoms with E-state index in [9.17, 15) is 4.79 Å². The van der Waals surface area contributed by atoms with Gasteiger partial charge in [0.05, 0.1) is 18.1 Å². The molecule has 2 rings (SSSR count). The molecule has 0 aliphatic carbocycles. The molecule has 18 heavy (non-hydrogen) atoms. The Bertz CT molecular complexity index is 576. The van der Waals surface area contributed by atoms with Gasteiger partial charge >= 0.3 is 0 Å². The molecule has 6 heteroatoms. The fourth-order valence-electron chi connectivity index (χ4n) is 1.79. The van der Waals surface area contributed by atoms with E-state index in [4.69, 9.17) is 15.9 Å². The van der Waals surface area contributed by atoms with E-state index in [1.165, 1.54) is 12.5 Å². The molecule has 2 aromatic rings. The molecule has 6 nitrogen and oxygen atoms in total. The molecule has 0 atom stereocenters. The minimum atomic E-state index is -0.598. The molecule has 4 N–H and O–H groups in total. The van der Waals surface area contributed by atoms with Crippen molar-refractivity contribution in [3.63, 3.8) is 0 Å². The first-order valence-corrected chi connectivity index (χ1v) is 5.53. The summed E-state index contributed by atoms with van der Waals surface area (Å²) in [6.45, 7) is 5.83. The number of hydrogen-bond donors (Lipinski definition) is 2. The zero-order valence-electron chi connectivity index (χ0n) is 10.6. The number of anilines is 1. The maximum absolute atomic E-state index is 11.5. The zero-order chi connectivity index (χ0) is 13.5. The second kappa shape index (κ2) is 3.90. The number of aromatic nitrogens is 2. The Morgan fingerprint density at radius 1 is 1.44 bits per heavy atom. The lowest BCUT2D eigenvalue weighted by molar-refractivity contribution is 0.100. The van der Waals surface area contributed by atoms with Crippen molar-refractivity contribution in [2.45, 2.75) is 26.3 Å². The first kappa shape index (κ1) is 12.2. The van der Waals surface area contributed by atoms with Gasteiger partial charge in [-0.15, -0.1) is 0 Å². The number of nitrogens with zero attached hydrogens (tertiary/aromatic N) is 2. The predicted molar refractivity (Wildman–Crippen MR) is 67.9 cm³/mol. The number of primary amides is 1. The van der Waals surface area contributed by atoms with Crippen molar-refractivity contribution in [2.75, 3.05) is 5.73 Å². The molecule has 0 spiro atoms. The topological polar surface area (TPSA) is 100 Å². The Balaban J connectivity index is 2.70. The standard InChI is InChI=1S/C12H16N4O2/c1-12(2,3)16-10(13)8(11(14)17)9(15-16)7-4-5-18-6-7/h4-6H,13H2,1-3H3,(H2,14,17). The van der Waals surface area contributed by atoms with E-state index in [-0.39, 0.29) is 16.9 Å². The van der Waals surface area contributed by atoms with Gasteiger partial charge in [0.1, 0.15) is 17.1 Å². The van der Waals surface area contributed by atoms with Gasteiger partial charge in [-0.05, 0) is 26.8 Å². The lowest BCUT2D eigenvalue weighted by Crippen LogP contribution is -2.25. The first-order chi connectivity index (χ1) is 8.32. The number of rotatable bonds is 2. The van der Waals surface area contributed by atoms with Crippen molar-refractivity contribution < 1.29 is 9.21 Å². The smallest absolute Gasteiger partial charge is 0.254 e. The highest BCUT2D eigenvalue weighted by atomic mass is 16.3. The van der Waals surface area contributed by atoms with Crippen LogP contribution in [-0.4, -0.2) is 15.7 Å². The molecule has 0 bridgehead atoms. The van der Waals surface area contributed by atoms with E-state index in [2.05, 4.69) is 5.10 Å². The summed E-state index contributed by atoms with van der Waals surface area (Å²) in [6.07, 6.45) is 3.01. The van der Waals surface area contributed by atoms with E-state index in [1.54, 1.807) is 10.7 Å². The molecule has 0 fully saturated rings. The van der Waals surface area contributed by atoms with Crippen molar-refractivity contribution in [3.8, 4) is 11.3 Å². The van der Waals surface area contributed by atoms with Crippen LogP contribution in [-0.2, 0) is 5.54 Å². The summed E-state index contributed by atoms with van der Waals surface area (Å²) in [6, 6.07) is 1.71. The Hall–Kier alpha value is -2.24. The molecule has 0 aliphatic rings. The van der Waals surface area contributed by atoms with Gasteiger partial charge in [0.25, 0.3) is 5.91 Å². The van der Waals surface area contributed by atoms with E-state index in [0.29, 0.717) is 11.3 Å². The number of carbonyl (C=O) groups is 1. The maximum Gasteiger partial charge on any atom is 0.254 e. The Labute approximate surface area is 105 Å².